The summed E-state index contributed by atoms with van der Waals surface area (Å²) >= 11 is 2.92. The third kappa shape index (κ3) is 6.57. The highest BCUT2D eigenvalue weighted by Crippen LogP contribution is 2.28. The Labute approximate surface area is 183 Å². The molecule has 2 aromatic carbocycles. The SMILES string of the molecule is CCNC(=O)COc1ccc(C(=O)Nc2nnc(SCc3ccc(C)cc3)s2)cc1. The maximum Gasteiger partial charge on any atom is 0.257 e. The van der Waals surface area contributed by atoms with Crippen LogP contribution in [0.1, 0.15) is 28.4 Å². The smallest absolute Gasteiger partial charge is 0.257 e. The minimum absolute atomic E-state index is 0.0623. The van der Waals surface area contributed by atoms with Crippen molar-refractivity contribution in [3.8, 4) is 5.75 Å². The van der Waals surface area contributed by atoms with Crippen molar-refractivity contribution in [1.82, 2.24) is 15.5 Å². The van der Waals surface area contributed by atoms with Crippen molar-refractivity contribution in [1.29, 1.82) is 0 Å². The topological polar surface area (TPSA) is 93.2 Å². The van der Waals surface area contributed by atoms with Gasteiger partial charge in [0.2, 0.25) is 5.13 Å². The monoisotopic (exact) mass is 442 g/mol. The number of rotatable bonds is 9. The second-order valence-corrected chi connectivity index (χ2v) is 8.57. The quantitative estimate of drug-likeness (QED) is 0.386. The van der Waals surface area contributed by atoms with Gasteiger partial charge >= 0.3 is 0 Å². The molecule has 0 aliphatic carbocycles. The van der Waals surface area contributed by atoms with Crippen LogP contribution in [0, 0.1) is 6.92 Å². The van der Waals surface area contributed by atoms with E-state index in [0.717, 1.165) is 10.1 Å². The van der Waals surface area contributed by atoms with Gasteiger partial charge in [0, 0.05) is 17.9 Å². The maximum atomic E-state index is 12.4. The number of aryl methyl sites for hydroxylation is 1. The lowest BCUT2D eigenvalue weighted by Gasteiger charge is -2.07. The lowest BCUT2D eigenvalue weighted by molar-refractivity contribution is -0.122. The Morgan fingerprint density at radius 2 is 1.80 bits per heavy atom. The number of benzene rings is 2. The molecular weight excluding hydrogens is 420 g/mol. The Morgan fingerprint density at radius 3 is 2.50 bits per heavy atom. The van der Waals surface area contributed by atoms with Crippen LogP contribution in [0.3, 0.4) is 0 Å². The summed E-state index contributed by atoms with van der Waals surface area (Å²) in [6, 6.07) is 14.9. The Morgan fingerprint density at radius 1 is 1.07 bits per heavy atom. The zero-order chi connectivity index (χ0) is 21.3. The molecule has 7 nitrogen and oxygen atoms in total. The average molecular weight is 443 g/mol. The molecule has 156 valence electrons. The average Bonchev–Trinajstić information content (AvgIpc) is 3.19. The van der Waals surface area contributed by atoms with Crippen LogP contribution in [0.2, 0.25) is 0 Å². The number of carbonyl (C=O) groups is 2. The van der Waals surface area contributed by atoms with Crippen LogP contribution in [0.5, 0.6) is 5.75 Å². The van der Waals surface area contributed by atoms with Crippen LogP contribution in [-0.2, 0) is 10.5 Å². The van der Waals surface area contributed by atoms with E-state index in [4.69, 9.17) is 4.74 Å². The molecule has 3 rings (SSSR count). The Kier molecular flexibility index (Phi) is 7.81. The molecule has 30 heavy (non-hydrogen) atoms. The van der Waals surface area contributed by atoms with E-state index in [1.54, 1.807) is 36.0 Å². The zero-order valence-electron chi connectivity index (χ0n) is 16.7. The molecule has 2 N–H and O–H groups in total. The molecule has 0 atom stereocenters. The highest BCUT2D eigenvalue weighted by molar-refractivity contribution is 8.00. The number of amides is 2. The molecule has 0 aliphatic rings. The van der Waals surface area contributed by atoms with Crippen molar-refractivity contribution in [2.75, 3.05) is 18.5 Å². The number of aromatic nitrogens is 2. The minimum atomic E-state index is -0.281. The minimum Gasteiger partial charge on any atom is -0.484 e. The van der Waals surface area contributed by atoms with E-state index >= 15 is 0 Å². The van der Waals surface area contributed by atoms with Gasteiger partial charge in [-0.3, -0.25) is 14.9 Å². The van der Waals surface area contributed by atoms with Crippen LogP contribution in [0.15, 0.2) is 52.9 Å². The molecule has 0 saturated carbocycles. The zero-order valence-corrected chi connectivity index (χ0v) is 18.3. The summed E-state index contributed by atoms with van der Waals surface area (Å²) in [5.74, 6) is 0.840. The van der Waals surface area contributed by atoms with Gasteiger partial charge in [0.25, 0.3) is 11.8 Å². The number of carbonyl (C=O) groups excluding carboxylic acids is 2. The first-order chi connectivity index (χ1) is 14.5. The lowest BCUT2D eigenvalue weighted by atomic mass is 10.2. The molecular formula is C21H22N4O3S2. The lowest BCUT2D eigenvalue weighted by Crippen LogP contribution is -2.28. The standard InChI is InChI=1S/C21H22N4O3S2/c1-3-22-18(26)12-28-17-10-8-16(9-11-17)19(27)23-20-24-25-21(30-20)29-13-15-6-4-14(2)5-7-15/h4-11H,3,12-13H2,1-2H3,(H,22,26)(H,23,24,27). The Hall–Kier alpha value is -2.91. The van der Waals surface area contributed by atoms with E-state index in [-0.39, 0.29) is 18.4 Å². The number of thioether (sulfide) groups is 1. The third-order valence-electron chi connectivity index (χ3n) is 3.97. The van der Waals surface area contributed by atoms with Crippen LogP contribution >= 0.6 is 23.1 Å². The van der Waals surface area contributed by atoms with Crippen molar-refractivity contribution >= 4 is 40.0 Å². The summed E-state index contributed by atoms with van der Waals surface area (Å²) < 4.78 is 6.17. The van der Waals surface area contributed by atoms with E-state index in [2.05, 4.69) is 52.0 Å². The summed E-state index contributed by atoms with van der Waals surface area (Å²) in [6.45, 7) is 4.39. The second-order valence-electron chi connectivity index (χ2n) is 6.37. The van der Waals surface area contributed by atoms with Crippen molar-refractivity contribution in [2.24, 2.45) is 0 Å². The maximum absolute atomic E-state index is 12.4. The van der Waals surface area contributed by atoms with Crippen molar-refractivity contribution in [3.05, 3.63) is 65.2 Å². The molecule has 0 saturated heterocycles. The number of nitrogens with zero attached hydrogens (tertiary/aromatic N) is 2. The molecule has 0 bridgehead atoms. The number of anilines is 1. The highest BCUT2D eigenvalue weighted by Gasteiger charge is 2.11. The summed E-state index contributed by atoms with van der Waals surface area (Å²) in [4.78, 5) is 23.8. The fraction of sp³-hybridized carbons (Fsp3) is 0.238. The number of ether oxygens (including phenoxy) is 1. The number of likely N-dealkylation sites (N-methyl/N-ethyl adjacent to an activating group) is 1. The van der Waals surface area contributed by atoms with Gasteiger partial charge in [0.05, 0.1) is 0 Å². The second kappa shape index (κ2) is 10.7. The fourth-order valence-electron chi connectivity index (χ4n) is 2.42. The summed E-state index contributed by atoms with van der Waals surface area (Å²) in [6.07, 6.45) is 0. The first-order valence-corrected chi connectivity index (χ1v) is 11.2. The molecule has 0 spiro atoms. The van der Waals surface area contributed by atoms with Gasteiger partial charge in [-0.15, -0.1) is 10.2 Å². The largest absolute Gasteiger partial charge is 0.484 e. The van der Waals surface area contributed by atoms with Gasteiger partial charge < -0.3 is 10.1 Å². The van der Waals surface area contributed by atoms with Crippen LogP contribution < -0.4 is 15.4 Å². The van der Waals surface area contributed by atoms with Gasteiger partial charge in [-0.05, 0) is 43.7 Å². The Bertz CT molecular complexity index is 988. The highest BCUT2D eigenvalue weighted by atomic mass is 32.2. The third-order valence-corrected chi connectivity index (χ3v) is 6.01. The summed E-state index contributed by atoms with van der Waals surface area (Å²) in [5.41, 5.74) is 2.90. The summed E-state index contributed by atoms with van der Waals surface area (Å²) in [5, 5.41) is 14.0. The molecule has 0 fully saturated rings. The van der Waals surface area contributed by atoms with Crippen LogP contribution in [0.25, 0.3) is 0 Å². The number of hydrogen-bond donors (Lipinski definition) is 2. The van der Waals surface area contributed by atoms with Crippen molar-refractivity contribution < 1.29 is 14.3 Å². The normalized spacial score (nSPS) is 10.5. The molecule has 3 aromatic rings. The molecule has 0 radical (unpaired) electrons. The molecule has 2 amide bonds. The van der Waals surface area contributed by atoms with Gasteiger partial charge in [-0.1, -0.05) is 52.9 Å². The summed E-state index contributed by atoms with van der Waals surface area (Å²) in [7, 11) is 0. The fourth-order valence-corrected chi connectivity index (χ4v) is 4.12. The first kappa shape index (κ1) is 21.8. The van der Waals surface area contributed by atoms with E-state index < -0.39 is 0 Å². The molecule has 0 unspecified atom stereocenters. The van der Waals surface area contributed by atoms with Crippen LogP contribution in [-0.4, -0.2) is 35.2 Å². The van der Waals surface area contributed by atoms with E-state index in [9.17, 15) is 9.59 Å². The van der Waals surface area contributed by atoms with Gasteiger partial charge in [-0.25, -0.2) is 0 Å². The number of hydrogen-bond acceptors (Lipinski definition) is 7. The van der Waals surface area contributed by atoms with Gasteiger partial charge in [0.1, 0.15) is 5.75 Å². The Balaban J connectivity index is 1.49. The molecule has 0 aliphatic heterocycles. The predicted molar refractivity (Wildman–Crippen MR) is 119 cm³/mol. The first-order valence-electron chi connectivity index (χ1n) is 9.36. The van der Waals surface area contributed by atoms with Crippen molar-refractivity contribution in [2.45, 2.75) is 23.9 Å². The number of nitrogens with one attached hydrogen (secondary N) is 2. The van der Waals surface area contributed by atoms with Gasteiger partial charge in [-0.2, -0.15) is 0 Å². The molecule has 1 heterocycles. The van der Waals surface area contributed by atoms with Crippen LogP contribution in [0.4, 0.5) is 5.13 Å². The van der Waals surface area contributed by atoms with Crippen molar-refractivity contribution in [3.63, 3.8) is 0 Å². The van der Waals surface area contributed by atoms with Gasteiger partial charge in [0.15, 0.2) is 10.9 Å². The van der Waals surface area contributed by atoms with E-state index in [1.807, 2.05) is 6.92 Å². The van der Waals surface area contributed by atoms with E-state index in [1.165, 1.54) is 22.5 Å². The predicted octanol–water partition coefficient (Wildman–Crippen LogP) is 3.91. The molecule has 1 aromatic heterocycles. The molecule has 9 heteroatoms. The van der Waals surface area contributed by atoms with E-state index in [0.29, 0.717) is 23.0 Å².